The Hall–Kier alpha value is -2.56. The maximum absolute atomic E-state index is 12.6. The van der Waals surface area contributed by atoms with Crippen LogP contribution in [0.2, 0.25) is 0 Å². The van der Waals surface area contributed by atoms with Crippen molar-refractivity contribution in [3.8, 4) is 5.75 Å². The number of carbonyl (C=O) groups is 2. The highest BCUT2D eigenvalue weighted by atomic mass is 16.5. The monoisotopic (exact) mass is 327 g/mol. The van der Waals surface area contributed by atoms with Crippen LogP contribution in [0, 0.1) is 0 Å². The molecule has 1 N–H and O–H groups in total. The van der Waals surface area contributed by atoms with Crippen molar-refractivity contribution in [3.63, 3.8) is 0 Å². The zero-order valence-corrected chi connectivity index (χ0v) is 14.1. The van der Waals surface area contributed by atoms with Gasteiger partial charge in [-0.15, -0.1) is 0 Å². The minimum Gasteiger partial charge on any atom is -0.497 e. The van der Waals surface area contributed by atoms with Crippen molar-refractivity contribution in [1.29, 1.82) is 0 Å². The van der Waals surface area contributed by atoms with E-state index in [1.165, 1.54) is 7.11 Å². The lowest BCUT2D eigenvalue weighted by molar-refractivity contribution is -0.136. The van der Waals surface area contributed by atoms with Crippen LogP contribution in [0.15, 0.2) is 46.8 Å². The van der Waals surface area contributed by atoms with Gasteiger partial charge in [0.2, 0.25) is 0 Å². The molecule has 1 aliphatic heterocycles. The molecule has 0 bridgehead atoms. The highest BCUT2D eigenvalue weighted by molar-refractivity contribution is 6.03. The Kier molecular flexibility index (Phi) is 4.42. The fourth-order valence-corrected chi connectivity index (χ4v) is 3.49. The van der Waals surface area contributed by atoms with Gasteiger partial charge in [0.15, 0.2) is 5.78 Å². The van der Waals surface area contributed by atoms with Crippen LogP contribution in [0.3, 0.4) is 0 Å². The van der Waals surface area contributed by atoms with Crippen LogP contribution < -0.4 is 10.1 Å². The highest BCUT2D eigenvalue weighted by Gasteiger charge is 2.38. The molecule has 0 radical (unpaired) electrons. The van der Waals surface area contributed by atoms with Crippen molar-refractivity contribution >= 4 is 11.8 Å². The largest absolute Gasteiger partial charge is 0.497 e. The number of ketones is 1. The van der Waals surface area contributed by atoms with Gasteiger partial charge in [-0.25, -0.2) is 4.79 Å². The number of benzene rings is 1. The van der Waals surface area contributed by atoms with Gasteiger partial charge < -0.3 is 14.8 Å². The van der Waals surface area contributed by atoms with Crippen LogP contribution in [0.4, 0.5) is 0 Å². The molecule has 3 rings (SSSR count). The van der Waals surface area contributed by atoms with E-state index in [0.29, 0.717) is 17.6 Å². The predicted octanol–water partition coefficient (Wildman–Crippen LogP) is 2.84. The summed E-state index contributed by atoms with van der Waals surface area (Å²) in [6, 6.07) is 7.49. The predicted molar refractivity (Wildman–Crippen MR) is 89.5 cm³/mol. The molecule has 1 aromatic rings. The van der Waals surface area contributed by atoms with Gasteiger partial charge in [0.05, 0.1) is 19.8 Å². The van der Waals surface area contributed by atoms with E-state index < -0.39 is 11.9 Å². The van der Waals surface area contributed by atoms with Crippen LogP contribution in [0.1, 0.15) is 37.7 Å². The van der Waals surface area contributed by atoms with Crippen LogP contribution in [-0.2, 0) is 14.3 Å². The zero-order chi connectivity index (χ0) is 17.3. The molecule has 5 nitrogen and oxygen atoms in total. The molecule has 0 amide bonds. The molecule has 1 aromatic carbocycles. The van der Waals surface area contributed by atoms with Crippen molar-refractivity contribution in [1.82, 2.24) is 5.32 Å². The van der Waals surface area contributed by atoms with Gasteiger partial charge in [0, 0.05) is 29.3 Å². The Morgan fingerprint density at radius 3 is 2.50 bits per heavy atom. The number of hydrogen-bond acceptors (Lipinski definition) is 5. The lowest BCUT2D eigenvalue weighted by atomic mass is 9.75. The van der Waals surface area contributed by atoms with E-state index in [4.69, 9.17) is 9.47 Å². The van der Waals surface area contributed by atoms with Crippen molar-refractivity contribution in [2.24, 2.45) is 0 Å². The van der Waals surface area contributed by atoms with Gasteiger partial charge in [-0.3, -0.25) is 4.79 Å². The van der Waals surface area contributed by atoms with Crippen molar-refractivity contribution < 1.29 is 19.1 Å². The first-order chi connectivity index (χ1) is 11.6. The SMILES string of the molecule is COC(=O)C1=C(C)NC2=C(C(=O)CCC2)[C@H]1c1ccc(OC)cc1. The number of hydrogen-bond donors (Lipinski definition) is 1. The molecule has 126 valence electrons. The van der Waals surface area contributed by atoms with E-state index in [-0.39, 0.29) is 5.78 Å². The minimum absolute atomic E-state index is 0.0958. The second kappa shape index (κ2) is 6.51. The lowest BCUT2D eigenvalue weighted by Crippen LogP contribution is -2.34. The molecule has 0 spiro atoms. The Bertz CT molecular complexity index is 743. The third-order valence-electron chi connectivity index (χ3n) is 4.63. The molecule has 1 aliphatic carbocycles. The first-order valence-electron chi connectivity index (χ1n) is 8.03. The maximum atomic E-state index is 12.6. The number of dihydropyridines is 1. The lowest BCUT2D eigenvalue weighted by Gasteiger charge is -2.34. The zero-order valence-electron chi connectivity index (χ0n) is 14.1. The van der Waals surface area contributed by atoms with E-state index >= 15 is 0 Å². The Balaban J connectivity index is 2.15. The van der Waals surface area contributed by atoms with Crippen LogP contribution >= 0.6 is 0 Å². The average molecular weight is 327 g/mol. The van der Waals surface area contributed by atoms with Crippen LogP contribution in [0.25, 0.3) is 0 Å². The summed E-state index contributed by atoms with van der Waals surface area (Å²) in [6.07, 6.45) is 2.17. The normalized spacial score (nSPS) is 20.5. The van der Waals surface area contributed by atoms with E-state index in [0.717, 1.165) is 35.5 Å². The first kappa shape index (κ1) is 16.3. The summed E-state index contributed by atoms with van der Waals surface area (Å²) >= 11 is 0. The molecule has 0 saturated carbocycles. The topological polar surface area (TPSA) is 64.6 Å². The summed E-state index contributed by atoms with van der Waals surface area (Å²) in [4.78, 5) is 25.0. The molecule has 1 atom stereocenters. The summed E-state index contributed by atoms with van der Waals surface area (Å²) in [5, 5.41) is 3.25. The third kappa shape index (κ3) is 2.70. The van der Waals surface area contributed by atoms with E-state index in [9.17, 15) is 9.59 Å². The fourth-order valence-electron chi connectivity index (χ4n) is 3.49. The van der Waals surface area contributed by atoms with Crippen molar-refractivity contribution in [3.05, 3.63) is 52.4 Å². The smallest absolute Gasteiger partial charge is 0.336 e. The standard InChI is InChI=1S/C19H21NO4/c1-11-16(19(22)24-3)17(12-7-9-13(23-2)10-8-12)18-14(20-11)5-4-6-15(18)21/h7-10,17,20H,4-6H2,1-3H3/t17-/m0/s1. The number of rotatable bonds is 3. The minimum atomic E-state index is -0.411. The van der Waals surface area contributed by atoms with Crippen LogP contribution in [-0.4, -0.2) is 26.0 Å². The van der Waals surface area contributed by atoms with Gasteiger partial charge in [-0.1, -0.05) is 12.1 Å². The van der Waals surface area contributed by atoms with Crippen LogP contribution in [0.5, 0.6) is 5.75 Å². The number of methoxy groups -OCH3 is 2. The molecular formula is C19H21NO4. The van der Waals surface area contributed by atoms with Crippen molar-refractivity contribution in [2.75, 3.05) is 14.2 Å². The first-order valence-corrected chi connectivity index (χ1v) is 8.03. The van der Waals surface area contributed by atoms with E-state index in [2.05, 4.69) is 5.32 Å². The Morgan fingerprint density at radius 1 is 1.17 bits per heavy atom. The summed E-state index contributed by atoms with van der Waals surface area (Å²) in [6.45, 7) is 1.85. The molecule has 24 heavy (non-hydrogen) atoms. The number of carbonyl (C=O) groups excluding carboxylic acids is 2. The number of nitrogens with one attached hydrogen (secondary N) is 1. The second-order valence-electron chi connectivity index (χ2n) is 6.03. The molecule has 1 heterocycles. The van der Waals surface area contributed by atoms with E-state index in [1.807, 2.05) is 31.2 Å². The average Bonchev–Trinajstić information content (AvgIpc) is 2.60. The van der Waals surface area contributed by atoms with Crippen molar-refractivity contribution in [2.45, 2.75) is 32.1 Å². The molecule has 5 heteroatoms. The second-order valence-corrected chi connectivity index (χ2v) is 6.03. The molecule has 0 unspecified atom stereocenters. The molecular weight excluding hydrogens is 306 g/mol. The molecule has 2 aliphatic rings. The number of esters is 1. The summed E-state index contributed by atoms with van der Waals surface area (Å²) in [5.74, 6) is 0.0220. The van der Waals surface area contributed by atoms with E-state index in [1.54, 1.807) is 7.11 Å². The number of Topliss-reactive ketones (excluding diaryl/α,β-unsaturated/α-hetero) is 1. The molecule has 0 saturated heterocycles. The maximum Gasteiger partial charge on any atom is 0.336 e. The van der Waals surface area contributed by atoms with Gasteiger partial charge in [0.25, 0.3) is 0 Å². The summed E-state index contributed by atoms with van der Waals surface area (Å²) in [7, 11) is 2.97. The fraction of sp³-hybridized carbons (Fsp3) is 0.368. The molecule has 0 fully saturated rings. The Morgan fingerprint density at radius 2 is 1.88 bits per heavy atom. The third-order valence-corrected chi connectivity index (χ3v) is 4.63. The Labute approximate surface area is 141 Å². The number of ether oxygens (including phenoxy) is 2. The highest BCUT2D eigenvalue weighted by Crippen LogP contribution is 2.42. The van der Waals surface area contributed by atoms with Gasteiger partial charge in [-0.05, 0) is 37.5 Å². The van der Waals surface area contributed by atoms with Gasteiger partial charge in [-0.2, -0.15) is 0 Å². The van der Waals surface area contributed by atoms with Gasteiger partial charge >= 0.3 is 5.97 Å². The number of allylic oxidation sites excluding steroid dienone is 3. The summed E-state index contributed by atoms with van der Waals surface area (Å²) < 4.78 is 10.2. The quantitative estimate of drug-likeness (QED) is 0.865. The molecule has 0 aromatic heterocycles. The summed E-state index contributed by atoms with van der Waals surface area (Å²) in [5.41, 5.74) is 3.75. The van der Waals surface area contributed by atoms with Gasteiger partial charge in [0.1, 0.15) is 5.75 Å².